The van der Waals surface area contributed by atoms with Gasteiger partial charge in [-0.3, -0.25) is 4.79 Å². The first-order chi connectivity index (χ1) is 9.69. The van der Waals surface area contributed by atoms with E-state index >= 15 is 0 Å². The van der Waals surface area contributed by atoms with Crippen molar-refractivity contribution in [3.63, 3.8) is 0 Å². The molecule has 0 bridgehead atoms. The van der Waals surface area contributed by atoms with Crippen molar-refractivity contribution in [1.29, 1.82) is 0 Å². The van der Waals surface area contributed by atoms with Gasteiger partial charge in [0.2, 0.25) is 5.91 Å². The summed E-state index contributed by atoms with van der Waals surface area (Å²) in [7, 11) is 0. The number of rotatable bonds is 5. The van der Waals surface area contributed by atoms with E-state index in [-0.39, 0.29) is 0 Å². The number of benzene rings is 1. The van der Waals surface area contributed by atoms with Crippen LogP contribution in [0.5, 0.6) is 5.75 Å². The van der Waals surface area contributed by atoms with E-state index in [4.69, 9.17) is 10.5 Å². The molecular formula is C17H19NO2. The largest absolute Gasteiger partial charge is 0.457 e. The first kappa shape index (κ1) is 14.1. The molecular weight excluding hydrogens is 250 g/mol. The number of carbonyl (C=O) groups is 1. The Balaban J connectivity index is 2.07. The average Bonchev–Trinajstić information content (AvgIpc) is 2.67. The van der Waals surface area contributed by atoms with E-state index < -0.39 is 5.91 Å². The van der Waals surface area contributed by atoms with E-state index in [0.717, 1.165) is 18.6 Å². The maximum atomic E-state index is 11.1. The smallest absolute Gasteiger partial charge is 0.244 e. The molecule has 1 aliphatic rings. The van der Waals surface area contributed by atoms with Gasteiger partial charge in [0.1, 0.15) is 11.5 Å². The lowest BCUT2D eigenvalue weighted by Gasteiger charge is -2.06. The highest BCUT2D eigenvalue weighted by atomic mass is 16.5. The van der Waals surface area contributed by atoms with Gasteiger partial charge in [-0.25, -0.2) is 0 Å². The van der Waals surface area contributed by atoms with E-state index in [9.17, 15) is 4.79 Å². The molecule has 1 aromatic rings. The average molecular weight is 269 g/mol. The van der Waals surface area contributed by atoms with Gasteiger partial charge in [0, 0.05) is 5.57 Å². The lowest BCUT2D eigenvalue weighted by atomic mass is 10.1. The number of carbonyl (C=O) groups excluding carboxylic acids is 1. The monoisotopic (exact) mass is 269 g/mol. The van der Waals surface area contributed by atoms with Gasteiger partial charge in [-0.2, -0.15) is 0 Å². The van der Waals surface area contributed by atoms with Gasteiger partial charge >= 0.3 is 0 Å². The molecule has 0 unspecified atom stereocenters. The van der Waals surface area contributed by atoms with Gasteiger partial charge in [-0.15, -0.1) is 0 Å². The molecule has 0 aliphatic heterocycles. The maximum Gasteiger partial charge on any atom is 0.244 e. The first-order valence-corrected chi connectivity index (χ1v) is 6.83. The van der Waals surface area contributed by atoms with Crippen LogP contribution in [0.1, 0.15) is 25.3 Å². The Bertz CT molecular complexity index is 565. The zero-order chi connectivity index (χ0) is 14.4. The summed E-state index contributed by atoms with van der Waals surface area (Å²) in [5.41, 5.74) is 7.16. The minimum absolute atomic E-state index is 0.393. The Morgan fingerprint density at radius 3 is 2.65 bits per heavy atom. The molecule has 1 aromatic carbocycles. The highest BCUT2D eigenvalue weighted by Crippen LogP contribution is 2.19. The summed E-state index contributed by atoms with van der Waals surface area (Å²) in [4.78, 5) is 11.1. The number of nitrogens with two attached hydrogens (primary N) is 1. The molecule has 20 heavy (non-hydrogen) atoms. The minimum Gasteiger partial charge on any atom is -0.457 e. The van der Waals surface area contributed by atoms with Gasteiger partial charge in [0.05, 0.1) is 0 Å². The van der Waals surface area contributed by atoms with E-state index in [1.807, 2.05) is 24.3 Å². The Hall–Kier alpha value is -2.29. The topological polar surface area (TPSA) is 52.3 Å². The van der Waals surface area contributed by atoms with Crippen LogP contribution >= 0.6 is 0 Å². The lowest BCUT2D eigenvalue weighted by Crippen LogP contribution is -2.12. The third kappa shape index (κ3) is 3.85. The van der Waals surface area contributed by atoms with Crippen LogP contribution in [0.4, 0.5) is 0 Å². The highest BCUT2D eigenvalue weighted by Gasteiger charge is 2.06. The number of ether oxygens (including phenoxy) is 1. The standard InChI is InChI=1S/C17H19NO2/c1-2-4-13-7-10-16(11-8-13)20-15-6-3-5-14(9-12-15)17(18)19/h3,6-12H,2,4-5H2,1H3,(H2,18,19). The molecule has 1 aliphatic carbocycles. The fourth-order valence-corrected chi connectivity index (χ4v) is 2.01. The molecule has 2 rings (SSSR count). The van der Waals surface area contributed by atoms with Crippen LogP contribution < -0.4 is 10.5 Å². The van der Waals surface area contributed by atoms with Gasteiger partial charge in [0.15, 0.2) is 0 Å². The maximum absolute atomic E-state index is 11.1. The number of amides is 1. The number of aryl methyl sites for hydroxylation is 1. The van der Waals surface area contributed by atoms with Crippen molar-refractivity contribution in [1.82, 2.24) is 0 Å². The first-order valence-electron chi connectivity index (χ1n) is 6.83. The zero-order valence-electron chi connectivity index (χ0n) is 11.6. The molecule has 0 fully saturated rings. The molecule has 0 radical (unpaired) electrons. The summed E-state index contributed by atoms with van der Waals surface area (Å²) in [5.74, 6) is 1.09. The molecule has 0 spiro atoms. The highest BCUT2D eigenvalue weighted by molar-refractivity contribution is 5.92. The minimum atomic E-state index is -0.393. The summed E-state index contributed by atoms with van der Waals surface area (Å²) in [6.07, 6.45) is 9.95. The predicted molar refractivity (Wildman–Crippen MR) is 80.2 cm³/mol. The van der Waals surface area contributed by atoms with Gasteiger partial charge in [-0.05, 0) is 48.8 Å². The van der Waals surface area contributed by atoms with Crippen LogP contribution in [-0.2, 0) is 11.2 Å². The van der Waals surface area contributed by atoms with Crippen molar-refractivity contribution in [2.45, 2.75) is 26.2 Å². The summed E-state index contributed by atoms with van der Waals surface area (Å²) < 4.78 is 5.77. The molecule has 0 heterocycles. The van der Waals surface area contributed by atoms with Crippen molar-refractivity contribution < 1.29 is 9.53 Å². The molecule has 0 atom stereocenters. The second kappa shape index (κ2) is 6.75. The number of primary amides is 1. The molecule has 3 heteroatoms. The second-order valence-electron chi connectivity index (χ2n) is 4.73. The van der Waals surface area contributed by atoms with Crippen molar-refractivity contribution >= 4 is 5.91 Å². The number of allylic oxidation sites excluding steroid dienone is 4. The number of hydrogen-bond donors (Lipinski definition) is 1. The third-order valence-electron chi connectivity index (χ3n) is 3.08. The summed E-state index contributed by atoms with van der Waals surface area (Å²) in [6, 6.07) is 8.07. The van der Waals surface area contributed by atoms with Crippen molar-refractivity contribution in [2.75, 3.05) is 0 Å². The SMILES string of the molecule is CCCc1ccc(OC2=CC=C(C(N)=O)CC=C2)cc1. The molecule has 3 nitrogen and oxygen atoms in total. The molecule has 0 aromatic heterocycles. The van der Waals surface area contributed by atoms with Gasteiger partial charge < -0.3 is 10.5 Å². The van der Waals surface area contributed by atoms with Crippen LogP contribution in [0, 0.1) is 0 Å². The fraction of sp³-hybridized carbons (Fsp3) is 0.235. The normalized spacial score (nSPS) is 14.2. The van der Waals surface area contributed by atoms with E-state index in [2.05, 4.69) is 19.1 Å². The van der Waals surface area contributed by atoms with E-state index in [1.165, 1.54) is 5.56 Å². The van der Waals surface area contributed by atoms with Crippen LogP contribution in [0.3, 0.4) is 0 Å². The molecule has 104 valence electrons. The summed E-state index contributed by atoms with van der Waals surface area (Å²) >= 11 is 0. The Labute approximate surface area is 119 Å². The molecule has 0 saturated carbocycles. The molecule has 1 amide bonds. The zero-order valence-corrected chi connectivity index (χ0v) is 11.6. The van der Waals surface area contributed by atoms with Gasteiger partial charge in [-0.1, -0.05) is 31.6 Å². The Morgan fingerprint density at radius 1 is 1.25 bits per heavy atom. The van der Waals surface area contributed by atoms with Crippen LogP contribution in [0.25, 0.3) is 0 Å². The van der Waals surface area contributed by atoms with E-state index in [1.54, 1.807) is 12.2 Å². The predicted octanol–water partition coefficient (Wildman–Crippen LogP) is 3.27. The van der Waals surface area contributed by atoms with Crippen LogP contribution in [0.15, 0.2) is 59.9 Å². The van der Waals surface area contributed by atoms with Crippen molar-refractivity contribution in [2.24, 2.45) is 5.73 Å². The second-order valence-corrected chi connectivity index (χ2v) is 4.73. The fourth-order valence-electron chi connectivity index (χ4n) is 2.01. The van der Waals surface area contributed by atoms with Crippen LogP contribution in [-0.4, -0.2) is 5.91 Å². The number of hydrogen-bond acceptors (Lipinski definition) is 2. The Morgan fingerprint density at radius 2 is 2.00 bits per heavy atom. The van der Waals surface area contributed by atoms with Crippen LogP contribution in [0.2, 0.25) is 0 Å². The van der Waals surface area contributed by atoms with Gasteiger partial charge in [0.25, 0.3) is 0 Å². The Kier molecular flexibility index (Phi) is 4.77. The molecule has 0 saturated heterocycles. The van der Waals surface area contributed by atoms with Crippen molar-refractivity contribution in [3.8, 4) is 5.75 Å². The lowest BCUT2D eigenvalue weighted by molar-refractivity contribution is -0.114. The summed E-state index contributed by atoms with van der Waals surface area (Å²) in [5, 5.41) is 0. The van der Waals surface area contributed by atoms with Crippen molar-refractivity contribution in [3.05, 3.63) is 65.5 Å². The summed E-state index contributed by atoms with van der Waals surface area (Å²) in [6.45, 7) is 2.16. The van der Waals surface area contributed by atoms with E-state index in [0.29, 0.717) is 17.8 Å². The molecule has 2 N–H and O–H groups in total. The quantitative estimate of drug-likeness (QED) is 0.891. The third-order valence-corrected chi connectivity index (χ3v) is 3.08.